The van der Waals surface area contributed by atoms with E-state index in [0.29, 0.717) is 13.1 Å². The number of nitrogens with zero attached hydrogens (tertiary/aromatic N) is 1. The summed E-state index contributed by atoms with van der Waals surface area (Å²) in [7, 11) is 0. The lowest BCUT2D eigenvalue weighted by molar-refractivity contribution is -0.118. The normalized spacial score (nSPS) is 11.7. The molecule has 1 atom stereocenters. The van der Waals surface area contributed by atoms with Gasteiger partial charge in [0, 0.05) is 19.5 Å². The number of carbonyl (C=O) groups is 2. The molecule has 0 aliphatic rings. The van der Waals surface area contributed by atoms with Gasteiger partial charge in [-0.25, -0.2) is 4.79 Å². The highest BCUT2D eigenvalue weighted by Gasteiger charge is 2.18. The second-order valence-corrected chi connectivity index (χ2v) is 6.97. The quantitative estimate of drug-likeness (QED) is 0.749. The maximum Gasteiger partial charge on any atom is 0.317 e. The number of nitrogens with one attached hydrogen (secondary N) is 1. The van der Waals surface area contributed by atoms with E-state index < -0.39 is 5.91 Å². The third kappa shape index (κ3) is 6.44. The molecule has 0 heterocycles. The molecule has 0 fully saturated rings. The highest BCUT2D eigenvalue weighted by molar-refractivity contribution is 5.77. The first-order valence-corrected chi connectivity index (χ1v) is 9.31. The third-order valence-corrected chi connectivity index (χ3v) is 4.66. The summed E-state index contributed by atoms with van der Waals surface area (Å²) in [6.07, 6.45) is 0.880. The fourth-order valence-electron chi connectivity index (χ4n) is 3.13. The van der Waals surface area contributed by atoms with Crippen molar-refractivity contribution in [3.63, 3.8) is 0 Å². The van der Waals surface area contributed by atoms with E-state index in [-0.39, 0.29) is 18.5 Å². The van der Waals surface area contributed by atoms with Gasteiger partial charge in [0.2, 0.25) is 5.91 Å². The molecule has 0 saturated carbocycles. The summed E-state index contributed by atoms with van der Waals surface area (Å²) in [5.74, 6) is -0.407. The molecule has 0 spiro atoms. The van der Waals surface area contributed by atoms with Crippen molar-refractivity contribution in [1.82, 2.24) is 10.2 Å². The molecule has 2 aromatic rings. The van der Waals surface area contributed by atoms with Crippen LogP contribution >= 0.6 is 0 Å². The van der Waals surface area contributed by atoms with Gasteiger partial charge in [0.1, 0.15) is 0 Å². The summed E-state index contributed by atoms with van der Waals surface area (Å²) >= 11 is 0. The van der Waals surface area contributed by atoms with Crippen molar-refractivity contribution < 1.29 is 9.59 Å². The lowest BCUT2D eigenvalue weighted by Gasteiger charge is -2.26. The van der Waals surface area contributed by atoms with Gasteiger partial charge in [-0.1, -0.05) is 54.1 Å². The van der Waals surface area contributed by atoms with Gasteiger partial charge in [-0.2, -0.15) is 0 Å². The predicted octanol–water partition coefficient (Wildman–Crippen LogP) is 3.49. The summed E-state index contributed by atoms with van der Waals surface area (Å²) in [6, 6.07) is 15.9. The van der Waals surface area contributed by atoms with Gasteiger partial charge in [0.25, 0.3) is 0 Å². The Morgan fingerprint density at radius 2 is 1.78 bits per heavy atom. The Bertz CT molecular complexity index is 774. The van der Waals surface area contributed by atoms with Crippen molar-refractivity contribution in [1.29, 1.82) is 0 Å². The minimum Gasteiger partial charge on any atom is -0.370 e. The molecule has 0 aliphatic heterocycles. The van der Waals surface area contributed by atoms with Crippen molar-refractivity contribution in [3.05, 3.63) is 70.8 Å². The number of nitrogens with two attached hydrogens (primary N) is 1. The van der Waals surface area contributed by atoms with Crippen molar-refractivity contribution in [2.24, 2.45) is 5.73 Å². The average molecular weight is 367 g/mol. The summed E-state index contributed by atoms with van der Waals surface area (Å²) in [5, 5.41) is 3.05. The molecular formula is C22H29N3O2. The minimum absolute atomic E-state index is 0.120. The van der Waals surface area contributed by atoms with E-state index in [0.717, 1.165) is 23.1 Å². The standard InChI is InChI=1S/C22H29N3O2/c1-16-9-10-20(17(2)15-16)18(3)24-22(27)25(14-12-21(23)26)13-11-19-7-5-4-6-8-19/h4-10,15,18H,11-14H2,1-3H3,(H2,23,26)(H,24,27)/t18-/m0/s1. The molecule has 0 radical (unpaired) electrons. The van der Waals surface area contributed by atoms with Crippen LogP contribution in [0.15, 0.2) is 48.5 Å². The van der Waals surface area contributed by atoms with Crippen LogP contribution in [-0.4, -0.2) is 29.9 Å². The van der Waals surface area contributed by atoms with Crippen molar-refractivity contribution in [2.45, 2.75) is 39.7 Å². The molecule has 5 heteroatoms. The Morgan fingerprint density at radius 3 is 2.41 bits per heavy atom. The first kappa shape index (κ1) is 20.5. The molecule has 0 saturated heterocycles. The Hall–Kier alpha value is -2.82. The van der Waals surface area contributed by atoms with E-state index in [2.05, 4.69) is 18.3 Å². The summed E-state index contributed by atoms with van der Waals surface area (Å²) in [6.45, 7) is 6.91. The molecule has 2 rings (SSSR count). The van der Waals surface area contributed by atoms with Gasteiger partial charge in [0.15, 0.2) is 0 Å². The number of carbonyl (C=O) groups excluding carboxylic acids is 2. The first-order chi connectivity index (χ1) is 12.9. The first-order valence-electron chi connectivity index (χ1n) is 9.31. The van der Waals surface area contributed by atoms with Crippen molar-refractivity contribution in [3.8, 4) is 0 Å². The van der Waals surface area contributed by atoms with Crippen LogP contribution in [0.3, 0.4) is 0 Å². The molecule has 3 amide bonds. The Balaban J connectivity index is 2.03. The van der Waals surface area contributed by atoms with Crippen LogP contribution in [0.4, 0.5) is 4.79 Å². The Kier molecular flexibility index (Phi) is 7.41. The number of amides is 3. The van der Waals surface area contributed by atoms with E-state index in [4.69, 9.17) is 5.73 Å². The van der Waals surface area contributed by atoms with Crippen LogP contribution in [0.1, 0.15) is 41.6 Å². The van der Waals surface area contributed by atoms with E-state index in [1.807, 2.05) is 56.3 Å². The van der Waals surface area contributed by atoms with Gasteiger partial charge in [-0.05, 0) is 43.9 Å². The lowest BCUT2D eigenvalue weighted by atomic mass is 10.0. The summed E-state index contributed by atoms with van der Waals surface area (Å²) in [4.78, 5) is 25.7. The average Bonchev–Trinajstić information content (AvgIpc) is 2.62. The molecule has 0 aromatic heterocycles. The van der Waals surface area contributed by atoms with Crippen molar-refractivity contribution in [2.75, 3.05) is 13.1 Å². The smallest absolute Gasteiger partial charge is 0.317 e. The Morgan fingerprint density at radius 1 is 1.07 bits per heavy atom. The SMILES string of the molecule is Cc1ccc([C@H](C)NC(=O)N(CCC(N)=O)CCc2ccccc2)c(C)c1. The van der Waals surface area contributed by atoms with Crippen LogP contribution < -0.4 is 11.1 Å². The van der Waals surface area contributed by atoms with E-state index >= 15 is 0 Å². The number of hydrogen-bond acceptors (Lipinski definition) is 2. The number of aryl methyl sites for hydroxylation is 2. The predicted molar refractivity (Wildman–Crippen MR) is 108 cm³/mol. The number of primary amides is 1. The molecule has 5 nitrogen and oxygen atoms in total. The number of benzene rings is 2. The van der Waals surface area contributed by atoms with E-state index in [9.17, 15) is 9.59 Å². The zero-order valence-corrected chi connectivity index (χ0v) is 16.4. The molecule has 0 aliphatic carbocycles. The maximum absolute atomic E-state index is 12.8. The van der Waals surface area contributed by atoms with Crippen LogP contribution in [0.5, 0.6) is 0 Å². The molecule has 144 valence electrons. The molecule has 0 bridgehead atoms. The van der Waals surface area contributed by atoms with Crippen LogP contribution in [0, 0.1) is 13.8 Å². The van der Waals surface area contributed by atoms with Gasteiger partial charge >= 0.3 is 6.03 Å². The second kappa shape index (κ2) is 9.76. The largest absolute Gasteiger partial charge is 0.370 e. The maximum atomic E-state index is 12.8. The van der Waals surface area contributed by atoms with Crippen molar-refractivity contribution >= 4 is 11.9 Å². The molecule has 2 aromatic carbocycles. The highest BCUT2D eigenvalue weighted by atomic mass is 16.2. The molecule has 27 heavy (non-hydrogen) atoms. The number of hydrogen-bond donors (Lipinski definition) is 2. The van der Waals surface area contributed by atoms with Crippen LogP contribution in [0.25, 0.3) is 0 Å². The van der Waals surface area contributed by atoms with Crippen LogP contribution in [-0.2, 0) is 11.2 Å². The lowest BCUT2D eigenvalue weighted by Crippen LogP contribution is -2.43. The number of urea groups is 1. The minimum atomic E-state index is -0.407. The van der Waals surface area contributed by atoms with E-state index in [1.54, 1.807) is 4.90 Å². The Labute approximate surface area is 161 Å². The summed E-state index contributed by atoms with van der Waals surface area (Å²) < 4.78 is 0. The van der Waals surface area contributed by atoms with Gasteiger partial charge < -0.3 is 16.0 Å². The summed E-state index contributed by atoms with van der Waals surface area (Å²) in [5.41, 5.74) is 9.86. The topological polar surface area (TPSA) is 75.4 Å². The monoisotopic (exact) mass is 367 g/mol. The van der Waals surface area contributed by atoms with E-state index in [1.165, 1.54) is 5.56 Å². The second-order valence-electron chi connectivity index (χ2n) is 6.97. The number of rotatable bonds is 8. The zero-order chi connectivity index (χ0) is 19.8. The molecular weight excluding hydrogens is 338 g/mol. The third-order valence-electron chi connectivity index (χ3n) is 4.66. The fourth-order valence-corrected chi connectivity index (χ4v) is 3.13. The zero-order valence-electron chi connectivity index (χ0n) is 16.4. The highest BCUT2D eigenvalue weighted by Crippen LogP contribution is 2.19. The molecule has 3 N–H and O–H groups in total. The van der Waals surface area contributed by atoms with Gasteiger partial charge in [-0.3, -0.25) is 4.79 Å². The fraction of sp³-hybridized carbons (Fsp3) is 0.364. The van der Waals surface area contributed by atoms with Gasteiger partial charge in [-0.15, -0.1) is 0 Å². The van der Waals surface area contributed by atoms with Crippen LogP contribution in [0.2, 0.25) is 0 Å². The van der Waals surface area contributed by atoms with Gasteiger partial charge in [0.05, 0.1) is 6.04 Å². The molecule has 0 unspecified atom stereocenters.